The largest absolute Gasteiger partial charge is 0.339 e. The number of hydrogen-bond donors (Lipinski definition) is 0. The maximum Gasteiger partial charge on any atom is 0.253 e. The van der Waals surface area contributed by atoms with Gasteiger partial charge in [0.05, 0.1) is 0 Å². The van der Waals surface area contributed by atoms with E-state index < -0.39 is 0 Å². The monoisotopic (exact) mass is 380 g/mol. The van der Waals surface area contributed by atoms with Crippen LogP contribution in [0.1, 0.15) is 40.7 Å². The van der Waals surface area contributed by atoms with Gasteiger partial charge in [0.15, 0.2) is 0 Å². The van der Waals surface area contributed by atoms with Crippen LogP contribution in [0, 0.1) is 11.7 Å². The maximum absolute atomic E-state index is 13.9. The Bertz CT molecular complexity index is 872. The molecule has 2 atom stereocenters. The molecule has 1 heterocycles. The zero-order chi connectivity index (χ0) is 19.7. The van der Waals surface area contributed by atoms with Crippen LogP contribution in [0.4, 0.5) is 4.39 Å². The van der Waals surface area contributed by atoms with E-state index in [4.69, 9.17) is 0 Å². The summed E-state index contributed by atoms with van der Waals surface area (Å²) in [5, 5.41) is 0. The first-order valence-corrected chi connectivity index (χ1v) is 10.00. The first kappa shape index (κ1) is 18.7. The second kappa shape index (κ2) is 7.74. The summed E-state index contributed by atoms with van der Waals surface area (Å²) in [6.07, 6.45) is 1.66. The molecule has 4 rings (SSSR count). The molecule has 1 saturated carbocycles. The van der Waals surface area contributed by atoms with Crippen LogP contribution < -0.4 is 0 Å². The Morgan fingerprint density at radius 3 is 2.25 bits per heavy atom. The number of nitrogens with zero attached hydrogens (tertiary/aromatic N) is 2. The molecule has 2 aliphatic rings. The SMILES string of the molecule is CCc1ccc(C(=O)N2CCN(C(=O)C3CC3c3ccccc3F)CC2)cc1. The van der Waals surface area contributed by atoms with E-state index in [1.54, 1.807) is 12.1 Å². The van der Waals surface area contributed by atoms with E-state index in [1.165, 1.54) is 11.6 Å². The van der Waals surface area contributed by atoms with Gasteiger partial charge in [0.1, 0.15) is 5.82 Å². The number of carbonyl (C=O) groups is 2. The van der Waals surface area contributed by atoms with Crippen LogP contribution in [0.2, 0.25) is 0 Å². The summed E-state index contributed by atoms with van der Waals surface area (Å²) >= 11 is 0. The predicted octanol–water partition coefficient (Wildman–Crippen LogP) is 3.48. The molecule has 5 heteroatoms. The summed E-state index contributed by atoms with van der Waals surface area (Å²) < 4.78 is 13.9. The van der Waals surface area contributed by atoms with E-state index in [0.29, 0.717) is 43.7 Å². The predicted molar refractivity (Wildman–Crippen MR) is 106 cm³/mol. The Hall–Kier alpha value is -2.69. The van der Waals surface area contributed by atoms with Crippen molar-refractivity contribution in [2.75, 3.05) is 26.2 Å². The van der Waals surface area contributed by atoms with Gasteiger partial charge in [-0.1, -0.05) is 37.3 Å². The minimum Gasteiger partial charge on any atom is -0.339 e. The lowest BCUT2D eigenvalue weighted by Crippen LogP contribution is -2.51. The molecular weight excluding hydrogens is 355 g/mol. The summed E-state index contributed by atoms with van der Waals surface area (Å²) in [4.78, 5) is 29.1. The first-order valence-electron chi connectivity index (χ1n) is 10.00. The molecule has 2 amide bonds. The fourth-order valence-electron chi connectivity index (χ4n) is 4.02. The lowest BCUT2D eigenvalue weighted by molar-refractivity contribution is -0.134. The molecule has 2 unspecified atom stereocenters. The highest BCUT2D eigenvalue weighted by Gasteiger charge is 2.47. The molecule has 0 bridgehead atoms. The van der Waals surface area contributed by atoms with Crippen LogP contribution in [0.5, 0.6) is 0 Å². The summed E-state index contributed by atoms with van der Waals surface area (Å²) in [5.74, 6) is -0.253. The summed E-state index contributed by atoms with van der Waals surface area (Å²) in [6, 6.07) is 14.4. The van der Waals surface area contributed by atoms with Crippen LogP contribution in [-0.2, 0) is 11.2 Å². The fourth-order valence-corrected chi connectivity index (χ4v) is 4.02. The average molecular weight is 380 g/mol. The summed E-state index contributed by atoms with van der Waals surface area (Å²) in [7, 11) is 0. The Morgan fingerprint density at radius 1 is 0.964 bits per heavy atom. The van der Waals surface area contributed by atoms with Gasteiger partial charge in [-0.2, -0.15) is 0 Å². The third-order valence-electron chi connectivity index (χ3n) is 5.90. The number of piperazine rings is 1. The topological polar surface area (TPSA) is 40.6 Å². The van der Waals surface area contributed by atoms with Crippen molar-refractivity contribution in [3.63, 3.8) is 0 Å². The quantitative estimate of drug-likeness (QED) is 0.815. The lowest BCUT2D eigenvalue weighted by atomic mass is 10.1. The minimum atomic E-state index is -0.229. The Kier molecular flexibility index (Phi) is 5.16. The molecule has 2 aromatic rings. The first-order chi connectivity index (χ1) is 13.6. The van der Waals surface area contributed by atoms with Crippen molar-refractivity contribution in [2.24, 2.45) is 5.92 Å². The highest BCUT2D eigenvalue weighted by Crippen LogP contribution is 2.49. The molecule has 146 valence electrons. The Morgan fingerprint density at radius 2 is 1.61 bits per heavy atom. The van der Waals surface area contributed by atoms with Crippen LogP contribution in [-0.4, -0.2) is 47.8 Å². The van der Waals surface area contributed by atoms with Crippen molar-refractivity contribution in [1.29, 1.82) is 0 Å². The van der Waals surface area contributed by atoms with Gasteiger partial charge in [0.25, 0.3) is 5.91 Å². The smallest absolute Gasteiger partial charge is 0.253 e. The molecule has 0 N–H and O–H groups in total. The van der Waals surface area contributed by atoms with Gasteiger partial charge in [-0.3, -0.25) is 9.59 Å². The highest BCUT2D eigenvalue weighted by atomic mass is 19.1. The van der Waals surface area contributed by atoms with Gasteiger partial charge in [-0.15, -0.1) is 0 Å². The number of amides is 2. The number of carbonyl (C=O) groups excluding carboxylic acids is 2. The van der Waals surface area contributed by atoms with E-state index in [9.17, 15) is 14.0 Å². The number of aryl methyl sites for hydroxylation is 1. The van der Waals surface area contributed by atoms with E-state index in [2.05, 4.69) is 6.92 Å². The Labute approximate surface area is 164 Å². The molecule has 0 spiro atoms. The average Bonchev–Trinajstić information content (AvgIpc) is 3.54. The standard InChI is InChI=1S/C23H25FN2O2/c1-2-16-7-9-17(10-8-16)22(27)25-11-13-26(14-12-25)23(28)20-15-19(20)18-5-3-4-6-21(18)24/h3-10,19-20H,2,11-15H2,1H3. The molecule has 1 aliphatic heterocycles. The second-order valence-corrected chi connectivity index (χ2v) is 7.64. The van der Waals surface area contributed by atoms with Crippen LogP contribution in [0.15, 0.2) is 48.5 Å². The van der Waals surface area contributed by atoms with Crippen molar-refractivity contribution < 1.29 is 14.0 Å². The Balaban J connectivity index is 1.32. The molecule has 2 fully saturated rings. The third kappa shape index (κ3) is 3.66. The van der Waals surface area contributed by atoms with Crippen molar-refractivity contribution >= 4 is 11.8 Å². The molecular formula is C23H25FN2O2. The number of halogens is 1. The number of rotatable bonds is 4. The summed E-state index contributed by atoms with van der Waals surface area (Å²) in [6.45, 7) is 4.24. The third-order valence-corrected chi connectivity index (χ3v) is 5.90. The molecule has 0 radical (unpaired) electrons. The summed E-state index contributed by atoms with van der Waals surface area (Å²) in [5.41, 5.74) is 2.55. The van der Waals surface area contributed by atoms with Gasteiger partial charge >= 0.3 is 0 Å². The lowest BCUT2D eigenvalue weighted by Gasteiger charge is -2.35. The fraction of sp³-hybridized carbons (Fsp3) is 0.391. The molecule has 0 aromatic heterocycles. The van der Waals surface area contributed by atoms with Gasteiger partial charge in [-0.05, 0) is 48.1 Å². The number of benzene rings is 2. The molecule has 1 aliphatic carbocycles. The molecule has 2 aromatic carbocycles. The highest BCUT2D eigenvalue weighted by molar-refractivity contribution is 5.94. The molecule has 28 heavy (non-hydrogen) atoms. The van der Waals surface area contributed by atoms with Gasteiger partial charge in [0.2, 0.25) is 5.91 Å². The van der Waals surface area contributed by atoms with E-state index in [0.717, 1.165) is 6.42 Å². The van der Waals surface area contributed by atoms with E-state index in [1.807, 2.05) is 40.1 Å². The van der Waals surface area contributed by atoms with Crippen molar-refractivity contribution in [3.05, 3.63) is 71.0 Å². The maximum atomic E-state index is 13.9. The van der Waals surface area contributed by atoms with Crippen LogP contribution in [0.25, 0.3) is 0 Å². The van der Waals surface area contributed by atoms with Crippen LogP contribution >= 0.6 is 0 Å². The van der Waals surface area contributed by atoms with Crippen molar-refractivity contribution in [2.45, 2.75) is 25.7 Å². The molecule has 4 nitrogen and oxygen atoms in total. The van der Waals surface area contributed by atoms with Crippen molar-refractivity contribution in [3.8, 4) is 0 Å². The van der Waals surface area contributed by atoms with Gasteiger partial charge in [-0.25, -0.2) is 4.39 Å². The zero-order valence-corrected chi connectivity index (χ0v) is 16.1. The molecule has 1 saturated heterocycles. The zero-order valence-electron chi connectivity index (χ0n) is 16.1. The minimum absolute atomic E-state index is 0.00885. The van der Waals surface area contributed by atoms with E-state index >= 15 is 0 Å². The van der Waals surface area contributed by atoms with Gasteiger partial charge < -0.3 is 9.80 Å². The van der Waals surface area contributed by atoms with Gasteiger partial charge in [0, 0.05) is 37.7 Å². The normalized spacial score (nSPS) is 21.5. The van der Waals surface area contributed by atoms with E-state index in [-0.39, 0.29) is 29.5 Å². The number of hydrogen-bond acceptors (Lipinski definition) is 2. The van der Waals surface area contributed by atoms with Crippen LogP contribution in [0.3, 0.4) is 0 Å². The van der Waals surface area contributed by atoms with Crippen molar-refractivity contribution in [1.82, 2.24) is 9.80 Å². The second-order valence-electron chi connectivity index (χ2n) is 7.64.